The highest BCUT2D eigenvalue weighted by Gasteiger charge is 2.40. The Labute approximate surface area is 278 Å². The fourth-order valence-corrected chi connectivity index (χ4v) is 7.96. The SMILES string of the molecule is CC(C)(C)c1ccc2c(C3(c4ccc(Br)cc4)C=CC=CC3)c3ccccc3c(C3(c4ccc(Br)cc4)C=CC=CC3)c2c1. The summed E-state index contributed by atoms with van der Waals surface area (Å²) in [6.07, 6.45) is 20.2. The van der Waals surface area contributed by atoms with Crippen LogP contribution >= 0.6 is 31.9 Å². The van der Waals surface area contributed by atoms with Gasteiger partial charge in [-0.3, -0.25) is 0 Å². The first-order valence-corrected chi connectivity index (χ1v) is 17.0. The molecule has 0 amide bonds. The number of fused-ring (bicyclic) bond motifs is 2. The largest absolute Gasteiger partial charge is 0.0830 e. The second-order valence-corrected chi connectivity index (χ2v) is 15.1. The minimum Gasteiger partial charge on any atom is -0.0830 e. The Morgan fingerprint density at radius 3 is 1.41 bits per heavy atom. The average Bonchev–Trinajstić information content (AvgIpc) is 3.04. The lowest BCUT2D eigenvalue weighted by Gasteiger charge is -2.39. The highest BCUT2D eigenvalue weighted by Crippen LogP contribution is 2.52. The molecule has 44 heavy (non-hydrogen) atoms. The third kappa shape index (κ3) is 4.78. The van der Waals surface area contributed by atoms with Crippen LogP contribution in [0.15, 0.2) is 149 Å². The molecule has 0 saturated carbocycles. The van der Waals surface area contributed by atoms with Gasteiger partial charge in [0.05, 0.1) is 0 Å². The van der Waals surface area contributed by atoms with E-state index in [1.54, 1.807) is 0 Å². The maximum absolute atomic E-state index is 3.69. The quantitative estimate of drug-likeness (QED) is 0.164. The summed E-state index contributed by atoms with van der Waals surface area (Å²) >= 11 is 7.38. The molecule has 2 unspecified atom stereocenters. The Bertz CT molecular complexity index is 2000. The van der Waals surface area contributed by atoms with Crippen molar-refractivity contribution in [2.45, 2.75) is 49.9 Å². The van der Waals surface area contributed by atoms with E-state index in [1.807, 2.05) is 0 Å². The second-order valence-electron chi connectivity index (χ2n) is 13.2. The summed E-state index contributed by atoms with van der Waals surface area (Å²) in [7, 11) is 0. The number of hydrogen-bond donors (Lipinski definition) is 0. The minimum absolute atomic E-state index is 0.0151. The minimum atomic E-state index is -0.310. The van der Waals surface area contributed by atoms with Crippen molar-refractivity contribution in [2.24, 2.45) is 0 Å². The summed E-state index contributed by atoms with van der Waals surface area (Å²) in [4.78, 5) is 0. The number of allylic oxidation sites excluding steroid dienone is 8. The maximum Gasteiger partial charge on any atom is 0.0431 e. The predicted octanol–water partition coefficient (Wildman–Crippen LogP) is 12.4. The van der Waals surface area contributed by atoms with Crippen LogP contribution in [0.25, 0.3) is 21.5 Å². The highest BCUT2D eigenvalue weighted by atomic mass is 79.9. The van der Waals surface area contributed by atoms with Gasteiger partial charge in [-0.1, -0.05) is 168 Å². The van der Waals surface area contributed by atoms with Gasteiger partial charge in [0.1, 0.15) is 0 Å². The molecule has 0 saturated heterocycles. The van der Waals surface area contributed by atoms with E-state index in [2.05, 4.69) is 192 Å². The molecule has 2 heteroatoms. The Kier molecular flexibility index (Phi) is 7.42. The normalized spacial score (nSPS) is 21.4. The molecule has 0 heterocycles. The van der Waals surface area contributed by atoms with Gasteiger partial charge in [0.15, 0.2) is 0 Å². The van der Waals surface area contributed by atoms with Gasteiger partial charge in [0.2, 0.25) is 0 Å². The molecule has 0 bridgehead atoms. The lowest BCUT2D eigenvalue weighted by Crippen LogP contribution is -2.30. The van der Waals surface area contributed by atoms with Gasteiger partial charge in [0.25, 0.3) is 0 Å². The van der Waals surface area contributed by atoms with Gasteiger partial charge in [-0.2, -0.15) is 0 Å². The molecule has 0 nitrogen and oxygen atoms in total. The van der Waals surface area contributed by atoms with Crippen LogP contribution in [0.2, 0.25) is 0 Å². The van der Waals surface area contributed by atoms with E-state index in [0.717, 1.165) is 21.8 Å². The molecular weight excluding hydrogens is 664 g/mol. The van der Waals surface area contributed by atoms with Crippen molar-refractivity contribution >= 4 is 53.4 Å². The first kappa shape index (κ1) is 29.3. The third-order valence-corrected chi connectivity index (χ3v) is 10.7. The average molecular weight is 701 g/mol. The van der Waals surface area contributed by atoms with Crippen molar-refractivity contribution in [1.29, 1.82) is 0 Å². The van der Waals surface area contributed by atoms with E-state index in [9.17, 15) is 0 Å². The van der Waals surface area contributed by atoms with Crippen LogP contribution in [0, 0.1) is 0 Å². The smallest absolute Gasteiger partial charge is 0.0431 e. The molecule has 2 aliphatic rings. The fraction of sp³-hybridized carbons (Fsp3) is 0.190. The van der Waals surface area contributed by atoms with E-state index in [-0.39, 0.29) is 16.2 Å². The molecule has 5 aromatic carbocycles. The molecule has 0 fully saturated rings. The van der Waals surface area contributed by atoms with Crippen molar-refractivity contribution in [3.05, 3.63) is 176 Å². The van der Waals surface area contributed by atoms with E-state index < -0.39 is 0 Å². The van der Waals surface area contributed by atoms with E-state index in [4.69, 9.17) is 0 Å². The predicted molar refractivity (Wildman–Crippen MR) is 196 cm³/mol. The highest BCUT2D eigenvalue weighted by molar-refractivity contribution is 9.10. The van der Waals surface area contributed by atoms with Gasteiger partial charge < -0.3 is 0 Å². The summed E-state index contributed by atoms with van der Waals surface area (Å²) in [6, 6.07) is 34.4. The van der Waals surface area contributed by atoms with Crippen molar-refractivity contribution < 1.29 is 0 Å². The van der Waals surface area contributed by atoms with E-state index in [0.29, 0.717) is 0 Å². The molecular formula is C42H36Br2. The van der Waals surface area contributed by atoms with Gasteiger partial charge >= 0.3 is 0 Å². The van der Waals surface area contributed by atoms with Crippen molar-refractivity contribution in [3.8, 4) is 0 Å². The van der Waals surface area contributed by atoms with Crippen molar-refractivity contribution in [2.75, 3.05) is 0 Å². The number of benzene rings is 5. The van der Waals surface area contributed by atoms with Gasteiger partial charge in [-0.15, -0.1) is 0 Å². The summed E-state index contributed by atoms with van der Waals surface area (Å²) in [6.45, 7) is 6.96. The summed E-state index contributed by atoms with van der Waals surface area (Å²) in [5.41, 5.74) is 6.15. The van der Waals surface area contributed by atoms with Gasteiger partial charge in [-0.05, 0) is 91.9 Å². The maximum atomic E-state index is 3.69. The van der Waals surface area contributed by atoms with Crippen LogP contribution in [-0.2, 0) is 16.2 Å². The van der Waals surface area contributed by atoms with Crippen molar-refractivity contribution in [1.82, 2.24) is 0 Å². The van der Waals surface area contributed by atoms with Gasteiger partial charge in [0, 0.05) is 19.8 Å². The number of hydrogen-bond acceptors (Lipinski definition) is 0. The lowest BCUT2D eigenvalue weighted by atomic mass is 9.63. The Morgan fingerprint density at radius 2 is 0.977 bits per heavy atom. The van der Waals surface area contributed by atoms with Crippen LogP contribution in [0.5, 0.6) is 0 Å². The Balaban J connectivity index is 1.68. The van der Waals surface area contributed by atoms with Crippen molar-refractivity contribution in [3.63, 3.8) is 0 Å². The molecule has 0 N–H and O–H groups in total. The standard InChI is InChI=1S/C42H36Br2/c1-40(2,3)31-18-23-36-37(28-31)39(42(26-10-5-11-27-42)30-16-21-33(44)22-17-30)35-13-7-6-12-34(35)38(36)41(24-8-4-9-25-41)29-14-19-32(43)20-15-29/h4-24,26,28H,25,27H2,1-3H3. The Morgan fingerprint density at radius 1 is 0.523 bits per heavy atom. The number of halogens is 2. The van der Waals surface area contributed by atoms with E-state index >= 15 is 0 Å². The molecule has 0 aromatic heterocycles. The zero-order valence-corrected chi connectivity index (χ0v) is 28.6. The molecule has 0 radical (unpaired) electrons. The summed E-state index contributed by atoms with van der Waals surface area (Å²) < 4.78 is 2.19. The molecule has 7 rings (SSSR count). The van der Waals surface area contributed by atoms with Crippen LogP contribution in [0.1, 0.15) is 61.4 Å². The summed E-state index contributed by atoms with van der Waals surface area (Å²) in [5, 5.41) is 5.31. The molecule has 2 atom stereocenters. The monoisotopic (exact) mass is 698 g/mol. The lowest BCUT2D eigenvalue weighted by molar-refractivity contribution is 0.590. The van der Waals surface area contributed by atoms with Crippen LogP contribution in [0.4, 0.5) is 0 Å². The first-order chi connectivity index (χ1) is 21.2. The molecule has 5 aromatic rings. The van der Waals surface area contributed by atoms with Crippen LogP contribution in [0.3, 0.4) is 0 Å². The topological polar surface area (TPSA) is 0 Å². The zero-order valence-electron chi connectivity index (χ0n) is 25.4. The molecule has 218 valence electrons. The van der Waals surface area contributed by atoms with Crippen LogP contribution < -0.4 is 0 Å². The molecule has 2 aliphatic carbocycles. The molecule has 0 aliphatic heterocycles. The third-order valence-electron chi connectivity index (χ3n) is 9.64. The van der Waals surface area contributed by atoms with E-state index in [1.165, 1.54) is 49.4 Å². The summed E-state index contributed by atoms with van der Waals surface area (Å²) in [5.74, 6) is 0. The zero-order chi connectivity index (χ0) is 30.5. The molecule has 0 spiro atoms. The van der Waals surface area contributed by atoms with Gasteiger partial charge in [-0.25, -0.2) is 0 Å². The first-order valence-electron chi connectivity index (χ1n) is 15.4. The number of rotatable bonds is 4. The Hall–Kier alpha value is -3.46. The second kappa shape index (κ2) is 11.2. The van der Waals surface area contributed by atoms with Crippen LogP contribution in [-0.4, -0.2) is 0 Å². The fourth-order valence-electron chi connectivity index (χ4n) is 7.43.